The maximum Gasteiger partial charge on any atom is 0.176 e. The lowest BCUT2D eigenvalue weighted by atomic mass is 10.2. The van der Waals surface area contributed by atoms with Crippen molar-refractivity contribution in [1.82, 2.24) is 4.98 Å². The van der Waals surface area contributed by atoms with Gasteiger partial charge in [0.05, 0.1) is 10.2 Å². The fourth-order valence-electron chi connectivity index (χ4n) is 1.26. The lowest BCUT2D eigenvalue weighted by Crippen LogP contribution is -2.00. The number of hydrogen-bond acceptors (Lipinski definition) is 3. The average Bonchev–Trinajstić information content (AvgIpc) is 2.59. The van der Waals surface area contributed by atoms with Crippen molar-refractivity contribution in [2.24, 2.45) is 0 Å². The fraction of sp³-hybridized carbons (Fsp3) is 0.100. The van der Waals surface area contributed by atoms with Gasteiger partial charge in [0, 0.05) is 5.70 Å². The third kappa shape index (κ3) is 1.70. The van der Waals surface area contributed by atoms with Crippen molar-refractivity contribution >= 4 is 27.2 Å². The van der Waals surface area contributed by atoms with Crippen molar-refractivity contribution in [2.45, 2.75) is 6.92 Å². The number of allylic oxidation sites excluding steroid dienone is 1. The Morgan fingerprint density at radius 2 is 2.27 bits per heavy atom. The van der Waals surface area contributed by atoms with Gasteiger partial charge in [0.15, 0.2) is 11.6 Å². The molecule has 2 nitrogen and oxygen atoms in total. The van der Waals surface area contributed by atoms with Crippen LogP contribution >= 0.6 is 11.3 Å². The van der Waals surface area contributed by atoms with Gasteiger partial charge in [-0.15, -0.1) is 11.3 Å². The molecule has 2 rings (SSSR count). The Balaban J connectivity index is 2.66. The predicted octanol–water partition coefficient (Wildman–Crippen LogP) is 3.52. The summed E-state index contributed by atoms with van der Waals surface area (Å²) in [6.45, 7) is 5.17. The van der Waals surface area contributed by atoms with Gasteiger partial charge < -0.3 is 5.32 Å². The first-order chi connectivity index (χ1) is 7.09. The van der Waals surface area contributed by atoms with E-state index in [1.165, 1.54) is 22.9 Å². The standard InChI is InChI=1S/C10H8F2N2S/c1-5(2)14-9-6(11)3-7-10(8(9)12)13-4-15-7/h3-4,14H,1H2,2H3. The van der Waals surface area contributed by atoms with Crippen molar-refractivity contribution < 1.29 is 8.78 Å². The van der Waals surface area contributed by atoms with Gasteiger partial charge in [-0.2, -0.15) is 0 Å². The number of thiazole rings is 1. The molecule has 1 heterocycles. The number of nitrogens with zero attached hydrogens (tertiary/aromatic N) is 1. The van der Waals surface area contributed by atoms with Gasteiger partial charge in [0.25, 0.3) is 0 Å². The van der Waals surface area contributed by atoms with Crippen LogP contribution in [0.15, 0.2) is 23.9 Å². The highest BCUT2D eigenvalue weighted by Gasteiger charge is 2.15. The van der Waals surface area contributed by atoms with Gasteiger partial charge in [0.1, 0.15) is 11.2 Å². The zero-order valence-corrected chi connectivity index (χ0v) is 8.79. The Labute approximate surface area is 89.3 Å². The summed E-state index contributed by atoms with van der Waals surface area (Å²) in [6.07, 6.45) is 0. The molecule has 0 unspecified atom stereocenters. The molecule has 0 bridgehead atoms. The summed E-state index contributed by atoms with van der Waals surface area (Å²) in [6, 6.07) is 1.27. The zero-order valence-electron chi connectivity index (χ0n) is 7.97. The topological polar surface area (TPSA) is 24.9 Å². The molecule has 0 aliphatic heterocycles. The normalized spacial score (nSPS) is 10.6. The van der Waals surface area contributed by atoms with E-state index in [1.807, 2.05) is 0 Å². The first-order valence-corrected chi connectivity index (χ1v) is 5.11. The van der Waals surface area contributed by atoms with E-state index in [2.05, 4.69) is 16.9 Å². The fourth-order valence-corrected chi connectivity index (χ4v) is 1.96. The van der Waals surface area contributed by atoms with Crippen molar-refractivity contribution in [3.8, 4) is 0 Å². The monoisotopic (exact) mass is 226 g/mol. The number of anilines is 1. The number of rotatable bonds is 2. The molecule has 0 aliphatic rings. The largest absolute Gasteiger partial charge is 0.355 e. The van der Waals surface area contributed by atoms with Crippen LogP contribution in [0.1, 0.15) is 6.92 Å². The van der Waals surface area contributed by atoms with Gasteiger partial charge in [0.2, 0.25) is 0 Å². The van der Waals surface area contributed by atoms with Crippen LogP contribution in [0.2, 0.25) is 0 Å². The number of hydrogen-bond donors (Lipinski definition) is 1. The zero-order chi connectivity index (χ0) is 11.0. The molecule has 1 aromatic heterocycles. The van der Waals surface area contributed by atoms with Crippen LogP contribution in [0.3, 0.4) is 0 Å². The van der Waals surface area contributed by atoms with E-state index >= 15 is 0 Å². The average molecular weight is 226 g/mol. The van der Waals surface area contributed by atoms with Gasteiger partial charge in [-0.3, -0.25) is 0 Å². The number of aromatic nitrogens is 1. The number of benzene rings is 1. The van der Waals surface area contributed by atoms with E-state index in [0.29, 0.717) is 10.4 Å². The smallest absolute Gasteiger partial charge is 0.176 e. The van der Waals surface area contributed by atoms with Crippen molar-refractivity contribution in [3.05, 3.63) is 35.5 Å². The van der Waals surface area contributed by atoms with Crippen LogP contribution in [0, 0.1) is 11.6 Å². The van der Waals surface area contributed by atoms with E-state index in [1.54, 1.807) is 6.92 Å². The quantitative estimate of drug-likeness (QED) is 0.847. The third-order valence-electron chi connectivity index (χ3n) is 1.86. The highest BCUT2D eigenvalue weighted by Crippen LogP contribution is 2.29. The molecule has 0 atom stereocenters. The number of fused-ring (bicyclic) bond motifs is 1. The van der Waals surface area contributed by atoms with Crippen LogP contribution in [-0.4, -0.2) is 4.98 Å². The molecule has 0 spiro atoms. The van der Waals surface area contributed by atoms with Crippen LogP contribution in [-0.2, 0) is 0 Å². The molecular formula is C10H8F2N2S. The molecule has 1 N–H and O–H groups in total. The molecule has 0 saturated heterocycles. The molecule has 2 aromatic rings. The molecule has 78 valence electrons. The first kappa shape index (κ1) is 10.0. The van der Waals surface area contributed by atoms with Crippen molar-refractivity contribution in [3.63, 3.8) is 0 Å². The molecule has 1 aromatic carbocycles. The molecule has 0 fully saturated rings. The van der Waals surface area contributed by atoms with Crippen molar-refractivity contribution in [1.29, 1.82) is 0 Å². The minimum absolute atomic E-state index is 0.185. The second kappa shape index (κ2) is 3.58. The van der Waals surface area contributed by atoms with Crippen LogP contribution in [0.25, 0.3) is 10.2 Å². The molecule has 5 heteroatoms. The van der Waals surface area contributed by atoms with Gasteiger partial charge in [-0.1, -0.05) is 6.58 Å². The molecule has 0 radical (unpaired) electrons. The summed E-state index contributed by atoms with van der Waals surface area (Å²) < 4.78 is 27.7. The highest BCUT2D eigenvalue weighted by molar-refractivity contribution is 7.16. The summed E-state index contributed by atoms with van der Waals surface area (Å²) in [4.78, 5) is 3.83. The molecule has 0 saturated carbocycles. The maximum atomic E-state index is 13.7. The Kier molecular flexibility index (Phi) is 2.40. The number of nitrogens with one attached hydrogen (secondary N) is 1. The van der Waals surface area contributed by atoms with E-state index in [0.717, 1.165) is 0 Å². The summed E-state index contributed by atoms with van der Waals surface area (Å²) >= 11 is 1.20. The molecule has 0 aliphatic carbocycles. The summed E-state index contributed by atoms with van der Waals surface area (Å²) in [5.41, 5.74) is 1.95. The lowest BCUT2D eigenvalue weighted by Gasteiger charge is -2.07. The molecule has 15 heavy (non-hydrogen) atoms. The van der Waals surface area contributed by atoms with E-state index < -0.39 is 11.6 Å². The van der Waals surface area contributed by atoms with Gasteiger partial charge in [-0.05, 0) is 13.0 Å². The van der Waals surface area contributed by atoms with E-state index in [-0.39, 0.29) is 11.2 Å². The minimum atomic E-state index is -0.672. The summed E-state index contributed by atoms with van der Waals surface area (Å²) in [7, 11) is 0. The van der Waals surface area contributed by atoms with Crippen LogP contribution < -0.4 is 5.32 Å². The van der Waals surface area contributed by atoms with Gasteiger partial charge >= 0.3 is 0 Å². The molecular weight excluding hydrogens is 218 g/mol. The molecule has 0 amide bonds. The maximum absolute atomic E-state index is 13.7. The lowest BCUT2D eigenvalue weighted by molar-refractivity contribution is 0.597. The Hall–Kier alpha value is -1.49. The minimum Gasteiger partial charge on any atom is -0.355 e. The van der Waals surface area contributed by atoms with E-state index in [4.69, 9.17) is 0 Å². The highest BCUT2D eigenvalue weighted by atomic mass is 32.1. The summed E-state index contributed by atoms with van der Waals surface area (Å²) in [5, 5.41) is 2.54. The van der Waals surface area contributed by atoms with Crippen LogP contribution in [0.4, 0.5) is 14.5 Å². The summed E-state index contributed by atoms with van der Waals surface area (Å²) in [5.74, 6) is -1.30. The SMILES string of the molecule is C=C(C)Nc1c(F)cc2scnc2c1F. The second-order valence-electron chi connectivity index (χ2n) is 3.15. The predicted molar refractivity (Wildman–Crippen MR) is 58.0 cm³/mol. The Morgan fingerprint density at radius 3 is 2.93 bits per heavy atom. The Bertz CT molecular complexity index is 533. The second-order valence-corrected chi connectivity index (χ2v) is 4.04. The van der Waals surface area contributed by atoms with Crippen LogP contribution in [0.5, 0.6) is 0 Å². The van der Waals surface area contributed by atoms with E-state index in [9.17, 15) is 8.78 Å². The third-order valence-corrected chi connectivity index (χ3v) is 2.63. The first-order valence-electron chi connectivity index (χ1n) is 4.23. The number of halogens is 2. The van der Waals surface area contributed by atoms with Crippen molar-refractivity contribution in [2.75, 3.05) is 5.32 Å². The van der Waals surface area contributed by atoms with Gasteiger partial charge in [-0.25, -0.2) is 13.8 Å². The Morgan fingerprint density at radius 1 is 1.53 bits per heavy atom.